The third kappa shape index (κ3) is 4.75. The first kappa shape index (κ1) is 15.3. The molecule has 1 aliphatic heterocycles. The Kier molecular flexibility index (Phi) is 5.70. The lowest BCUT2D eigenvalue weighted by Crippen LogP contribution is -2.44. The van der Waals surface area contributed by atoms with E-state index in [2.05, 4.69) is 31.0 Å². The first-order valence-corrected chi connectivity index (χ1v) is 8.56. The van der Waals surface area contributed by atoms with Gasteiger partial charge in [-0.1, -0.05) is 33.6 Å². The van der Waals surface area contributed by atoms with Crippen LogP contribution in [0.1, 0.15) is 65.7 Å². The summed E-state index contributed by atoms with van der Waals surface area (Å²) in [5.41, 5.74) is 0.572. The molecule has 1 aliphatic carbocycles. The van der Waals surface area contributed by atoms with Gasteiger partial charge in [0.25, 0.3) is 0 Å². The molecule has 2 aliphatic rings. The summed E-state index contributed by atoms with van der Waals surface area (Å²) in [5, 5.41) is 3.73. The minimum absolute atomic E-state index is 0.572. The van der Waals surface area contributed by atoms with Crippen LogP contribution >= 0.6 is 0 Å². The van der Waals surface area contributed by atoms with Crippen molar-refractivity contribution in [1.82, 2.24) is 10.2 Å². The van der Waals surface area contributed by atoms with Gasteiger partial charge in [-0.05, 0) is 63.1 Å². The summed E-state index contributed by atoms with van der Waals surface area (Å²) < 4.78 is 0. The van der Waals surface area contributed by atoms with E-state index < -0.39 is 0 Å². The second kappa shape index (κ2) is 7.08. The zero-order chi connectivity index (χ0) is 13.7. The van der Waals surface area contributed by atoms with Gasteiger partial charge in [0.15, 0.2) is 0 Å². The number of rotatable bonds is 4. The van der Waals surface area contributed by atoms with Crippen molar-refractivity contribution in [3.63, 3.8) is 0 Å². The van der Waals surface area contributed by atoms with Crippen LogP contribution in [0.25, 0.3) is 0 Å². The fourth-order valence-electron chi connectivity index (χ4n) is 3.95. The molecule has 1 heterocycles. The maximum atomic E-state index is 3.73. The molecule has 2 rings (SSSR count). The van der Waals surface area contributed by atoms with Gasteiger partial charge in [-0.3, -0.25) is 0 Å². The van der Waals surface area contributed by atoms with Crippen molar-refractivity contribution in [2.24, 2.45) is 11.3 Å². The molecule has 0 radical (unpaired) electrons. The van der Waals surface area contributed by atoms with Gasteiger partial charge in [0.1, 0.15) is 0 Å². The summed E-state index contributed by atoms with van der Waals surface area (Å²) in [4.78, 5) is 2.76. The van der Waals surface area contributed by atoms with Crippen molar-refractivity contribution in [3.8, 4) is 0 Å². The lowest BCUT2D eigenvalue weighted by atomic mass is 9.84. The highest BCUT2D eigenvalue weighted by Crippen LogP contribution is 2.31. The van der Waals surface area contributed by atoms with E-state index in [1.165, 1.54) is 64.6 Å². The largest absolute Gasteiger partial charge is 0.314 e. The second-order valence-electron chi connectivity index (χ2n) is 7.53. The van der Waals surface area contributed by atoms with Crippen LogP contribution in [0.4, 0.5) is 0 Å². The molecule has 0 spiro atoms. The van der Waals surface area contributed by atoms with E-state index in [1.54, 1.807) is 0 Å². The van der Waals surface area contributed by atoms with Crippen LogP contribution in [0, 0.1) is 11.3 Å². The van der Waals surface area contributed by atoms with E-state index in [1.807, 2.05) is 0 Å². The molecule has 2 atom stereocenters. The summed E-state index contributed by atoms with van der Waals surface area (Å²) in [5.74, 6) is 0.898. The normalized spacial score (nSPS) is 33.0. The zero-order valence-electron chi connectivity index (χ0n) is 13.4. The molecule has 1 saturated heterocycles. The molecule has 2 nitrogen and oxygen atoms in total. The van der Waals surface area contributed by atoms with E-state index in [0.29, 0.717) is 5.41 Å². The van der Waals surface area contributed by atoms with Crippen molar-refractivity contribution in [2.45, 2.75) is 71.8 Å². The van der Waals surface area contributed by atoms with E-state index in [4.69, 9.17) is 0 Å². The van der Waals surface area contributed by atoms with Gasteiger partial charge in [0.2, 0.25) is 0 Å². The molecular weight excluding hydrogens is 232 g/mol. The van der Waals surface area contributed by atoms with Crippen LogP contribution in [-0.4, -0.2) is 37.1 Å². The Morgan fingerprint density at radius 1 is 1.05 bits per heavy atom. The number of nitrogens with one attached hydrogen (secondary N) is 1. The molecule has 1 saturated carbocycles. The Hall–Kier alpha value is -0.0800. The topological polar surface area (TPSA) is 15.3 Å². The van der Waals surface area contributed by atoms with Crippen molar-refractivity contribution in [2.75, 3.05) is 26.2 Å². The Labute approximate surface area is 120 Å². The minimum atomic E-state index is 0.572. The average molecular weight is 266 g/mol. The predicted octanol–water partition coefficient (Wildman–Crippen LogP) is 3.67. The second-order valence-corrected chi connectivity index (χ2v) is 7.53. The number of nitrogens with zero attached hydrogens (tertiary/aromatic N) is 1. The van der Waals surface area contributed by atoms with Gasteiger partial charge < -0.3 is 10.2 Å². The van der Waals surface area contributed by atoms with Gasteiger partial charge in [0.05, 0.1) is 0 Å². The van der Waals surface area contributed by atoms with E-state index in [-0.39, 0.29) is 0 Å². The summed E-state index contributed by atoms with van der Waals surface area (Å²) in [6.07, 6.45) is 9.91. The first-order chi connectivity index (χ1) is 9.11. The van der Waals surface area contributed by atoms with E-state index in [9.17, 15) is 0 Å². The molecule has 1 N–H and O–H groups in total. The number of hydrogen-bond acceptors (Lipinski definition) is 2. The minimum Gasteiger partial charge on any atom is -0.314 e. The third-order valence-electron chi connectivity index (χ3n) is 5.30. The van der Waals surface area contributed by atoms with Crippen LogP contribution in [0.3, 0.4) is 0 Å². The zero-order valence-corrected chi connectivity index (χ0v) is 13.4. The van der Waals surface area contributed by atoms with Crippen LogP contribution in [0.15, 0.2) is 0 Å². The smallest absolute Gasteiger partial charge is 0.0107 e. The fourth-order valence-corrected chi connectivity index (χ4v) is 3.95. The van der Waals surface area contributed by atoms with Crippen molar-refractivity contribution < 1.29 is 0 Å². The first-order valence-electron chi connectivity index (χ1n) is 8.56. The van der Waals surface area contributed by atoms with Crippen molar-refractivity contribution >= 4 is 0 Å². The Morgan fingerprint density at radius 2 is 1.84 bits per heavy atom. The molecule has 112 valence electrons. The van der Waals surface area contributed by atoms with Crippen LogP contribution in [0.2, 0.25) is 0 Å². The Bertz CT molecular complexity index is 260. The third-order valence-corrected chi connectivity index (χ3v) is 5.30. The fraction of sp³-hybridized carbons (Fsp3) is 1.00. The van der Waals surface area contributed by atoms with Gasteiger partial charge in [0, 0.05) is 12.6 Å². The lowest BCUT2D eigenvalue weighted by molar-refractivity contribution is 0.168. The highest BCUT2D eigenvalue weighted by atomic mass is 15.1. The van der Waals surface area contributed by atoms with Crippen LogP contribution in [0.5, 0.6) is 0 Å². The van der Waals surface area contributed by atoms with Crippen LogP contribution < -0.4 is 5.32 Å². The molecule has 0 amide bonds. The molecule has 0 aromatic heterocycles. The molecule has 2 heteroatoms. The standard InChI is InChI=1S/C17H34N2/c1-4-18-16-9-6-5-8-15(16)14-19-12-7-10-17(2,3)11-13-19/h15-16,18H,4-14H2,1-3H3. The lowest BCUT2D eigenvalue weighted by Gasteiger charge is -2.36. The summed E-state index contributed by atoms with van der Waals surface area (Å²) in [6.45, 7) is 12.3. The molecule has 0 bridgehead atoms. The molecule has 19 heavy (non-hydrogen) atoms. The molecule has 0 aromatic rings. The van der Waals surface area contributed by atoms with Crippen molar-refractivity contribution in [1.29, 1.82) is 0 Å². The Morgan fingerprint density at radius 3 is 2.63 bits per heavy atom. The average Bonchev–Trinajstić information content (AvgIpc) is 2.54. The monoisotopic (exact) mass is 266 g/mol. The van der Waals surface area contributed by atoms with Crippen molar-refractivity contribution in [3.05, 3.63) is 0 Å². The van der Waals surface area contributed by atoms with Gasteiger partial charge in [-0.25, -0.2) is 0 Å². The van der Waals surface area contributed by atoms with Crippen LogP contribution in [-0.2, 0) is 0 Å². The van der Waals surface area contributed by atoms with E-state index in [0.717, 1.165) is 18.5 Å². The highest BCUT2D eigenvalue weighted by Gasteiger charge is 2.28. The number of hydrogen-bond donors (Lipinski definition) is 1. The molecule has 2 fully saturated rings. The molecule has 2 unspecified atom stereocenters. The predicted molar refractivity (Wildman–Crippen MR) is 83.5 cm³/mol. The number of likely N-dealkylation sites (tertiary alicyclic amines) is 1. The molecule has 0 aromatic carbocycles. The summed E-state index contributed by atoms with van der Waals surface area (Å²) >= 11 is 0. The SMILES string of the molecule is CCNC1CCCCC1CN1CCCC(C)(C)CC1. The quantitative estimate of drug-likeness (QED) is 0.835. The highest BCUT2D eigenvalue weighted by molar-refractivity contribution is 4.84. The maximum absolute atomic E-state index is 3.73. The summed E-state index contributed by atoms with van der Waals surface area (Å²) in [7, 11) is 0. The van der Waals surface area contributed by atoms with Gasteiger partial charge in [-0.2, -0.15) is 0 Å². The maximum Gasteiger partial charge on any atom is 0.0107 e. The Balaban J connectivity index is 1.84. The van der Waals surface area contributed by atoms with Gasteiger partial charge in [-0.15, -0.1) is 0 Å². The summed E-state index contributed by atoms with van der Waals surface area (Å²) in [6, 6.07) is 0.787. The molecular formula is C17H34N2. The van der Waals surface area contributed by atoms with E-state index >= 15 is 0 Å². The van der Waals surface area contributed by atoms with Gasteiger partial charge >= 0.3 is 0 Å².